The molecule has 0 saturated heterocycles. The third kappa shape index (κ3) is 2.86. The molecule has 0 bridgehead atoms. The van der Waals surface area contributed by atoms with Gasteiger partial charge in [0.2, 0.25) is 0 Å². The summed E-state index contributed by atoms with van der Waals surface area (Å²) in [6.07, 6.45) is 4.69. The molecular formula is C13H16N2OS. The zero-order chi connectivity index (χ0) is 12.3. The number of fused-ring (bicyclic) bond motifs is 1. The van der Waals surface area contributed by atoms with Gasteiger partial charge < -0.3 is 5.32 Å². The van der Waals surface area contributed by atoms with Crippen LogP contribution in [-0.2, 0) is 12.8 Å². The Bertz CT molecular complexity index is 435. The second kappa shape index (κ2) is 5.33. The van der Waals surface area contributed by atoms with Gasteiger partial charge in [-0.25, -0.2) is 0 Å². The molecule has 1 aliphatic rings. The first kappa shape index (κ1) is 12.1. The average Bonchev–Trinajstić information content (AvgIpc) is 2.79. The quantitative estimate of drug-likeness (QED) is 0.893. The van der Waals surface area contributed by atoms with Crippen molar-refractivity contribution in [2.75, 3.05) is 6.54 Å². The third-order valence-corrected chi connectivity index (χ3v) is 4.25. The van der Waals surface area contributed by atoms with E-state index in [1.54, 1.807) is 18.3 Å². The molecule has 3 nitrogen and oxygen atoms in total. The summed E-state index contributed by atoms with van der Waals surface area (Å²) in [7, 11) is 0. The van der Waals surface area contributed by atoms with Crippen molar-refractivity contribution >= 4 is 17.2 Å². The lowest BCUT2D eigenvalue weighted by atomic mass is 9.99. The van der Waals surface area contributed by atoms with Gasteiger partial charge in [0.25, 0.3) is 5.91 Å². The van der Waals surface area contributed by atoms with Crippen LogP contribution in [0.4, 0.5) is 0 Å². The van der Waals surface area contributed by atoms with Crippen molar-refractivity contribution in [2.24, 2.45) is 5.92 Å². The van der Waals surface area contributed by atoms with Crippen molar-refractivity contribution in [3.05, 3.63) is 21.4 Å². The normalized spacial score (nSPS) is 15.8. The molecule has 0 radical (unpaired) electrons. The lowest BCUT2D eigenvalue weighted by Crippen LogP contribution is -2.27. The number of rotatable bonds is 3. The van der Waals surface area contributed by atoms with Crippen LogP contribution in [0.3, 0.4) is 0 Å². The van der Waals surface area contributed by atoms with Crippen LogP contribution in [0.1, 0.15) is 39.9 Å². The van der Waals surface area contributed by atoms with Crippen LogP contribution >= 0.6 is 11.3 Å². The molecule has 1 aromatic rings. The van der Waals surface area contributed by atoms with Crippen LogP contribution in [0, 0.1) is 17.2 Å². The van der Waals surface area contributed by atoms with Gasteiger partial charge in [0.15, 0.2) is 0 Å². The molecule has 1 aliphatic carbocycles. The lowest BCUT2D eigenvalue weighted by molar-refractivity contribution is 0.0955. The van der Waals surface area contributed by atoms with Gasteiger partial charge in [0.05, 0.1) is 16.9 Å². The Hall–Kier alpha value is -1.34. The standard InChI is InChI=1S/C13H16N2OS/c1-9(7-14)8-15-13(16)12-6-10-4-2-3-5-11(10)17-12/h6,9H,2-5,8H2,1H3,(H,15,16). The van der Waals surface area contributed by atoms with Gasteiger partial charge in [-0.1, -0.05) is 0 Å². The van der Waals surface area contributed by atoms with Crippen LogP contribution in [0.25, 0.3) is 0 Å². The lowest BCUT2D eigenvalue weighted by Gasteiger charge is -2.08. The summed E-state index contributed by atoms with van der Waals surface area (Å²) in [5.74, 6) is -0.167. The van der Waals surface area contributed by atoms with Gasteiger partial charge >= 0.3 is 0 Å². The molecule has 1 amide bonds. The maximum Gasteiger partial charge on any atom is 0.261 e. The predicted octanol–water partition coefficient (Wildman–Crippen LogP) is 2.52. The van der Waals surface area contributed by atoms with E-state index in [2.05, 4.69) is 11.4 Å². The monoisotopic (exact) mass is 248 g/mol. The van der Waals surface area contributed by atoms with Crippen LogP contribution < -0.4 is 5.32 Å². The summed E-state index contributed by atoms with van der Waals surface area (Å²) in [5, 5.41) is 11.5. The molecule has 17 heavy (non-hydrogen) atoms. The highest BCUT2D eigenvalue weighted by Crippen LogP contribution is 2.29. The van der Waals surface area contributed by atoms with Crippen molar-refractivity contribution in [3.63, 3.8) is 0 Å². The van der Waals surface area contributed by atoms with Crippen molar-refractivity contribution in [3.8, 4) is 6.07 Å². The summed E-state index contributed by atoms with van der Waals surface area (Å²) < 4.78 is 0. The Balaban J connectivity index is 2.00. The molecule has 1 N–H and O–H groups in total. The number of thiophene rings is 1. The third-order valence-electron chi connectivity index (χ3n) is 3.01. The summed E-state index contributed by atoms with van der Waals surface area (Å²) in [6, 6.07) is 4.13. The summed E-state index contributed by atoms with van der Waals surface area (Å²) in [6.45, 7) is 2.23. The molecule has 1 aromatic heterocycles. The highest BCUT2D eigenvalue weighted by Gasteiger charge is 2.17. The van der Waals surface area contributed by atoms with Crippen molar-refractivity contribution in [2.45, 2.75) is 32.6 Å². The van der Waals surface area contributed by atoms with E-state index in [0.29, 0.717) is 6.54 Å². The molecule has 4 heteroatoms. The predicted molar refractivity (Wildman–Crippen MR) is 68.1 cm³/mol. The Labute approximate surface area is 105 Å². The maximum absolute atomic E-state index is 11.9. The average molecular weight is 248 g/mol. The Morgan fingerprint density at radius 3 is 3.06 bits per heavy atom. The molecule has 0 aromatic carbocycles. The van der Waals surface area contributed by atoms with Gasteiger partial charge in [0.1, 0.15) is 0 Å². The fourth-order valence-electron chi connectivity index (χ4n) is 1.98. The van der Waals surface area contributed by atoms with E-state index in [-0.39, 0.29) is 11.8 Å². The first-order valence-electron chi connectivity index (χ1n) is 6.00. The summed E-state index contributed by atoms with van der Waals surface area (Å²) in [5.41, 5.74) is 1.35. The molecule has 1 heterocycles. The number of carbonyl (C=O) groups is 1. The Morgan fingerprint density at radius 2 is 2.35 bits per heavy atom. The van der Waals surface area contributed by atoms with Gasteiger partial charge in [-0.05, 0) is 44.2 Å². The molecule has 90 valence electrons. The fraction of sp³-hybridized carbons (Fsp3) is 0.538. The largest absolute Gasteiger partial charge is 0.350 e. The number of carbonyl (C=O) groups excluding carboxylic acids is 1. The van der Waals surface area contributed by atoms with Crippen molar-refractivity contribution in [1.29, 1.82) is 5.26 Å². The minimum Gasteiger partial charge on any atom is -0.350 e. The van der Waals surface area contributed by atoms with E-state index in [1.165, 1.54) is 23.3 Å². The van der Waals surface area contributed by atoms with Crippen LogP contribution in [0.2, 0.25) is 0 Å². The van der Waals surface area contributed by atoms with Gasteiger partial charge in [-0.15, -0.1) is 11.3 Å². The number of amides is 1. The Kier molecular flexibility index (Phi) is 3.80. The van der Waals surface area contributed by atoms with Crippen LogP contribution in [0.5, 0.6) is 0 Å². The molecule has 1 unspecified atom stereocenters. The zero-order valence-corrected chi connectivity index (χ0v) is 10.8. The maximum atomic E-state index is 11.9. The van der Waals surface area contributed by atoms with E-state index in [0.717, 1.165) is 17.7 Å². The van der Waals surface area contributed by atoms with Gasteiger partial charge in [-0.2, -0.15) is 5.26 Å². The van der Waals surface area contributed by atoms with Gasteiger partial charge in [-0.3, -0.25) is 4.79 Å². The second-order valence-corrected chi connectivity index (χ2v) is 5.64. The minimum atomic E-state index is -0.131. The number of nitrogens with one attached hydrogen (secondary N) is 1. The highest BCUT2D eigenvalue weighted by atomic mass is 32.1. The topological polar surface area (TPSA) is 52.9 Å². The fourth-order valence-corrected chi connectivity index (χ4v) is 3.15. The Morgan fingerprint density at radius 1 is 1.59 bits per heavy atom. The number of hydrogen-bond acceptors (Lipinski definition) is 3. The van der Waals surface area contributed by atoms with E-state index in [1.807, 2.05) is 6.07 Å². The molecule has 0 saturated carbocycles. The smallest absolute Gasteiger partial charge is 0.261 e. The molecule has 0 fully saturated rings. The number of hydrogen-bond donors (Lipinski definition) is 1. The number of aryl methyl sites for hydroxylation is 2. The van der Waals surface area contributed by atoms with E-state index < -0.39 is 0 Å². The van der Waals surface area contributed by atoms with Crippen LogP contribution in [0.15, 0.2) is 6.07 Å². The van der Waals surface area contributed by atoms with Crippen molar-refractivity contribution in [1.82, 2.24) is 5.32 Å². The van der Waals surface area contributed by atoms with E-state index >= 15 is 0 Å². The SMILES string of the molecule is CC(C#N)CNC(=O)c1cc2c(s1)CCCC2. The molecule has 0 spiro atoms. The first-order chi connectivity index (χ1) is 8.20. The van der Waals surface area contributed by atoms with Crippen molar-refractivity contribution < 1.29 is 4.79 Å². The zero-order valence-electron chi connectivity index (χ0n) is 9.95. The van der Waals surface area contributed by atoms with E-state index in [4.69, 9.17) is 5.26 Å². The molecule has 1 atom stereocenters. The second-order valence-electron chi connectivity index (χ2n) is 4.51. The first-order valence-corrected chi connectivity index (χ1v) is 6.81. The van der Waals surface area contributed by atoms with Crippen LogP contribution in [-0.4, -0.2) is 12.5 Å². The van der Waals surface area contributed by atoms with E-state index in [9.17, 15) is 4.79 Å². The molecule has 2 rings (SSSR count). The number of nitriles is 1. The molecular weight excluding hydrogens is 232 g/mol. The van der Waals surface area contributed by atoms with Gasteiger partial charge in [0, 0.05) is 11.4 Å². The summed E-state index contributed by atoms with van der Waals surface area (Å²) >= 11 is 1.61. The minimum absolute atomic E-state index is 0.0356. The highest BCUT2D eigenvalue weighted by molar-refractivity contribution is 7.14. The molecule has 0 aliphatic heterocycles. The number of nitrogens with zero attached hydrogens (tertiary/aromatic N) is 1. The summed E-state index contributed by atoms with van der Waals surface area (Å²) in [4.78, 5) is 14.0.